The lowest BCUT2D eigenvalue weighted by molar-refractivity contribution is -0.122. The highest BCUT2D eigenvalue weighted by molar-refractivity contribution is 5.93. The number of hydrogen-bond donors (Lipinski definition) is 2. The SMILES string of the molecule is NCc1ccccc1NC(=O)C1CCC1. The first-order chi connectivity index (χ1) is 7.31. The van der Waals surface area contributed by atoms with E-state index in [1.165, 1.54) is 6.42 Å². The first kappa shape index (κ1) is 10.2. The number of anilines is 1. The fourth-order valence-electron chi connectivity index (χ4n) is 1.73. The second-order valence-corrected chi connectivity index (χ2v) is 3.98. The van der Waals surface area contributed by atoms with Gasteiger partial charge in [-0.1, -0.05) is 24.6 Å². The molecule has 0 unspecified atom stereocenters. The molecule has 0 radical (unpaired) electrons. The van der Waals surface area contributed by atoms with Gasteiger partial charge in [-0.05, 0) is 24.5 Å². The van der Waals surface area contributed by atoms with Gasteiger partial charge in [0, 0.05) is 18.2 Å². The number of para-hydroxylation sites is 1. The molecule has 1 aliphatic carbocycles. The van der Waals surface area contributed by atoms with E-state index in [1.807, 2.05) is 24.3 Å². The van der Waals surface area contributed by atoms with E-state index in [2.05, 4.69) is 5.32 Å². The van der Waals surface area contributed by atoms with E-state index >= 15 is 0 Å². The highest BCUT2D eigenvalue weighted by atomic mass is 16.1. The summed E-state index contributed by atoms with van der Waals surface area (Å²) in [5, 5.41) is 2.94. The van der Waals surface area contributed by atoms with Gasteiger partial charge in [-0.15, -0.1) is 0 Å². The predicted octanol–water partition coefficient (Wildman–Crippen LogP) is 1.88. The molecule has 1 fully saturated rings. The maximum atomic E-state index is 11.7. The van der Waals surface area contributed by atoms with Crippen LogP contribution in [0.3, 0.4) is 0 Å². The largest absolute Gasteiger partial charge is 0.326 e. The minimum Gasteiger partial charge on any atom is -0.326 e. The first-order valence-electron chi connectivity index (χ1n) is 5.40. The summed E-state index contributed by atoms with van der Waals surface area (Å²) in [4.78, 5) is 11.7. The van der Waals surface area contributed by atoms with Crippen molar-refractivity contribution in [2.75, 3.05) is 5.32 Å². The van der Waals surface area contributed by atoms with Crippen molar-refractivity contribution >= 4 is 11.6 Å². The standard InChI is InChI=1S/C12H16N2O/c13-8-10-4-1-2-7-11(10)14-12(15)9-5-3-6-9/h1-2,4,7,9H,3,5-6,8,13H2,(H,14,15). The fourth-order valence-corrected chi connectivity index (χ4v) is 1.73. The minimum absolute atomic E-state index is 0.141. The number of carbonyl (C=O) groups excluding carboxylic acids is 1. The van der Waals surface area contributed by atoms with Crippen molar-refractivity contribution in [3.8, 4) is 0 Å². The Morgan fingerprint density at radius 1 is 1.40 bits per heavy atom. The van der Waals surface area contributed by atoms with Gasteiger partial charge >= 0.3 is 0 Å². The Bertz CT molecular complexity index is 358. The van der Waals surface area contributed by atoms with E-state index in [0.29, 0.717) is 6.54 Å². The summed E-state index contributed by atoms with van der Waals surface area (Å²) in [6.07, 6.45) is 3.23. The van der Waals surface area contributed by atoms with Crippen molar-refractivity contribution in [3.05, 3.63) is 29.8 Å². The van der Waals surface area contributed by atoms with Gasteiger partial charge in [0.1, 0.15) is 0 Å². The van der Waals surface area contributed by atoms with E-state index in [1.54, 1.807) is 0 Å². The molecule has 1 aromatic rings. The van der Waals surface area contributed by atoms with Gasteiger partial charge in [0.05, 0.1) is 0 Å². The molecule has 1 saturated carbocycles. The van der Waals surface area contributed by atoms with Crippen molar-refractivity contribution in [1.29, 1.82) is 0 Å². The lowest BCUT2D eigenvalue weighted by atomic mass is 9.85. The Balaban J connectivity index is 2.05. The van der Waals surface area contributed by atoms with Crippen LogP contribution >= 0.6 is 0 Å². The first-order valence-corrected chi connectivity index (χ1v) is 5.40. The smallest absolute Gasteiger partial charge is 0.227 e. The molecule has 0 atom stereocenters. The molecule has 3 N–H and O–H groups in total. The topological polar surface area (TPSA) is 55.1 Å². The summed E-state index contributed by atoms with van der Waals surface area (Å²) in [6, 6.07) is 7.69. The molecular formula is C12H16N2O. The van der Waals surface area contributed by atoms with Crippen molar-refractivity contribution in [3.63, 3.8) is 0 Å². The number of carbonyl (C=O) groups is 1. The van der Waals surface area contributed by atoms with Crippen LogP contribution in [0, 0.1) is 5.92 Å². The minimum atomic E-state index is 0.141. The number of nitrogens with one attached hydrogen (secondary N) is 1. The van der Waals surface area contributed by atoms with Gasteiger partial charge in [0.15, 0.2) is 0 Å². The molecule has 0 aromatic heterocycles. The highest BCUT2D eigenvalue weighted by Gasteiger charge is 2.25. The fraction of sp³-hybridized carbons (Fsp3) is 0.417. The van der Waals surface area contributed by atoms with Crippen LogP contribution in [0.15, 0.2) is 24.3 Å². The molecule has 1 amide bonds. The quantitative estimate of drug-likeness (QED) is 0.789. The number of nitrogens with two attached hydrogens (primary N) is 1. The predicted molar refractivity (Wildman–Crippen MR) is 60.3 cm³/mol. The van der Waals surface area contributed by atoms with Crippen LogP contribution in [0.1, 0.15) is 24.8 Å². The Morgan fingerprint density at radius 3 is 2.73 bits per heavy atom. The molecule has 0 aliphatic heterocycles. The molecular weight excluding hydrogens is 188 g/mol. The zero-order valence-electron chi connectivity index (χ0n) is 8.70. The van der Waals surface area contributed by atoms with Gasteiger partial charge in [-0.2, -0.15) is 0 Å². The maximum Gasteiger partial charge on any atom is 0.227 e. The summed E-state index contributed by atoms with van der Waals surface area (Å²) in [5.41, 5.74) is 7.45. The lowest BCUT2D eigenvalue weighted by Crippen LogP contribution is -2.28. The van der Waals surface area contributed by atoms with Crippen molar-refractivity contribution < 1.29 is 4.79 Å². The molecule has 0 heterocycles. The number of hydrogen-bond acceptors (Lipinski definition) is 2. The van der Waals surface area contributed by atoms with E-state index in [0.717, 1.165) is 24.1 Å². The van der Waals surface area contributed by atoms with Crippen LogP contribution < -0.4 is 11.1 Å². The average Bonchev–Trinajstić information content (AvgIpc) is 2.15. The molecule has 15 heavy (non-hydrogen) atoms. The van der Waals surface area contributed by atoms with Crippen LogP contribution in [0.2, 0.25) is 0 Å². The van der Waals surface area contributed by atoms with E-state index < -0.39 is 0 Å². The van der Waals surface area contributed by atoms with Crippen LogP contribution in [0.4, 0.5) is 5.69 Å². The monoisotopic (exact) mass is 204 g/mol. The number of rotatable bonds is 3. The number of benzene rings is 1. The van der Waals surface area contributed by atoms with Gasteiger partial charge in [-0.3, -0.25) is 4.79 Å². The molecule has 1 aliphatic rings. The molecule has 0 saturated heterocycles. The molecule has 0 bridgehead atoms. The average molecular weight is 204 g/mol. The maximum absolute atomic E-state index is 11.7. The summed E-state index contributed by atoms with van der Waals surface area (Å²) in [5.74, 6) is 0.359. The number of amides is 1. The van der Waals surface area contributed by atoms with E-state index in [9.17, 15) is 4.79 Å². The lowest BCUT2D eigenvalue weighted by Gasteiger charge is -2.24. The summed E-state index contributed by atoms with van der Waals surface area (Å²) in [7, 11) is 0. The zero-order chi connectivity index (χ0) is 10.7. The van der Waals surface area contributed by atoms with Crippen molar-refractivity contribution in [2.45, 2.75) is 25.8 Å². The van der Waals surface area contributed by atoms with Gasteiger partial charge in [0.25, 0.3) is 0 Å². The normalized spacial score (nSPS) is 15.8. The third-order valence-corrected chi connectivity index (χ3v) is 2.97. The van der Waals surface area contributed by atoms with Gasteiger partial charge in [-0.25, -0.2) is 0 Å². The summed E-state index contributed by atoms with van der Waals surface area (Å²) < 4.78 is 0. The van der Waals surface area contributed by atoms with Gasteiger partial charge in [0.2, 0.25) is 5.91 Å². The second kappa shape index (κ2) is 4.45. The van der Waals surface area contributed by atoms with E-state index in [4.69, 9.17) is 5.73 Å². The summed E-state index contributed by atoms with van der Waals surface area (Å²) >= 11 is 0. The van der Waals surface area contributed by atoms with E-state index in [-0.39, 0.29) is 11.8 Å². The van der Waals surface area contributed by atoms with Gasteiger partial charge < -0.3 is 11.1 Å². The zero-order valence-corrected chi connectivity index (χ0v) is 8.70. The summed E-state index contributed by atoms with van der Waals surface area (Å²) in [6.45, 7) is 0.459. The Morgan fingerprint density at radius 2 is 2.13 bits per heavy atom. The molecule has 0 spiro atoms. The second-order valence-electron chi connectivity index (χ2n) is 3.98. The van der Waals surface area contributed by atoms with Crippen LogP contribution in [-0.2, 0) is 11.3 Å². The van der Waals surface area contributed by atoms with Crippen LogP contribution in [0.5, 0.6) is 0 Å². The Kier molecular flexibility index (Phi) is 3.02. The van der Waals surface area contributed by atoms with Crippen LogP contribution in [0.25, 0.3) is 0 Å². The molecule has 1 aromatic carbocycles. The molecule has 2 rings (SSSR count). The Labute approximate surface area is 89.7 Å². The third-order valence-electron chi connectivity index (χ3n) is 2.97. The Hall–Kier alpha value is -1.35. The van der Waals surface area contributed by atoms with Crippen molar-refractivity contribution in [1.82, 2.24) is 0 Å². The third kappa shape index (κ3) is 2.18. The van der Waals surface area contributed by atoms with Crippen molar-refractivity contribution in [2.24, 2.45) is 11.7 Å². The molecule has 3 heteroatoms. The molecule has 80 valence electrons. The highest BCUT2D eigenvalue weighted by Crippen LogP contribution is 2.28. The van der Waals surface area contributed by atoms with Crippen LogP contribution in [-0.4, -0.2) is 5.91 Å². The molecule has 3 nitrogen and oxygen atoms in total.